The highest BCUT2D eigenvalue weighted by atomic mass is 19.1. The normalized spacial score (nSPS) is 21.7. The Morgan fingerprint density at radius 3 is 2.85 bits per heavy atom. The Hall–Kier alpha value is -1.19. The van der Waals surface area contributed by atoms with Gasteiger partial charge in [-0.2, -0.15) is 0 Å². The zero-order valence-electron chi connectivity index (χ0n) is 12.1. The lowest BCUT2D eigenvalue weighted by atomic mass is 9.99. The van der Waals surface area contributed by atoms with Crippen LogP contribution in [0.1, 0.15) is 31.7 Å². The van der Waals surface area contributed by atoms with Gasteiger partial charge < -0.3 is 9.47 Å². The highest BCUT2D eigenvalue weighted by molar-refractivity contribution is 5.16. The molecular weight excluding hydrogens is 255 g/mol. The van der Waals surface area contributed by atoms with Gasteiger partial charge in [-0.15, -0.1) is 0 Å². The molecular formula is C17H23FO2. The maximum atomic E-state index is 13.2. The Labute approximate surface area is 120 Å². The fourth-order valence-electron chi connectivity index (χ4n) is 2.48. The Balaban J connectivity index is 1.88. The van der Waals surface area contributed by atoms with Gasteiger partial charge in [-0.05, 0) is 44.2 Å². The van der Waals surface area contributed by atoms with Crippen LogP contribution in [0.15, 0.2) is 42.2 Å². The van der Waals surface area contributed by atoms with Crippen molar-refractivity contribution in [1.82, 2.24) is 0 Å². The topological polar surface area (TPSA) is 18.5 Å². The largest absolute Gasteiger partial charge is 0.353 e. The molecule has 0 saturated carbocycles. The molecule has 1 unspecified atom stereocenters. The minimum absolute atomic E-state index is 0.0490. The molecule has 1 aliphatic heterocycles. The first kappa shape index (κ1) is 15.2. The lowest BCUT2D eigenvalue weighted by molar-refractivity contribution is -0.166. The second-order valence-corrected chi connectivity index (χ2v) is 5.33. The van der Waals surface area contributed by atoms with Crippen molar-refractivity contribution in [1.29, 1.82) is 0 Å². The molecule has 0 aromatic heterocycles. The smallest absolute Gasteiger partial charge is 0.157 e. The van der Waals surface area contributed by atoms with Crippen molar-refractivity contribution < 1.29 is 13.9 Å². The maximum absolute atomic E-state index is 13.2. The van der Waals surface area contributed by atoms with Crippen LogP contribution < -0.4 is 0 Å². The summed E-state index contributed by atoms with van der Waals surface area (Å²) >= 11 is 0. The van der Waals surface area contributed by atoms with Gasteiger partial charge in [0.2, 0.25) is 0 Å². The lowest BCUT2D eigenvalue weighted by Crippen LogP contribution is -2.25. The third-order valence-electron chi connectivity index (χ3n) is 3.44. The fourth-order valence-corrected chi connectivity index (χ4v) is 2.48. The van der Waals surface area contributed by atoms with E-state index in [9.17, 15) is 4.39 Å². The molecule has 2 rings (SSSR count). The predicted octanol–water partition coefficient (Wildman–Crippen LogP) is 4.26. The SMILES string of the molecule is C/C(F)=C/[C@H](COC1CCCCO1)Cc1ccccc1. The number of hydrogen-bond acceptors (Lipinski definition) is 2. The van der Waals surface area contributed by atoms with Gasteiger partial charge in [-0.1, -0.05) is 30.3 Å². The zero-order chi connectivity index (χ0) is 14.2. The average Bonchev–Trinajstić information content (AvgIpc) is 2.46. The van der Waals surface area contributed by atoms with Crippen molar-refractivity contribution >= 4 is 0 Å². The molecule has 0 spiro atoms. The molecule has 110 valence electrons. The molecule has 0 aliphatic carbocycles. The molecule has 3 heteroatoms. The number of halogens is 1. The molecule has 2 nitrogen and oxygen atoms in total. The molecule has 0 amide bonds. The molecule has 20 heavy (non-hydrogen) atoms. The number of benzene rings is 1. The van der Waals surface area contributed by atoms with E-state index in [4.69, 9.17) is 9.47 Å². The number of ether oxygens (including phenoxy) is 2. The van der Waals surface area contributed by atoms with Gasteiger partial charge in [0.05, 0.1) is 12.4 Å². The summed E-state index contributed by atoms with van der Waals surface area (Å²) in [6.45, 7) is 2.75. The summed E-state index contributed by atoms with van der Waals surface area (Å²) in [5.41, 5.74) is 1.20. The van der Waals surface area contributed by atoms with Crippen molar-refractivity contribution in [2.45, 2.75) is 38.9 Å². The van der Waals surface area contributed by atoms with Crippen molar-refractivity contribution in [3.05, 3.63) is 47.8 Å². The van der Waals surface area contributed by atoms with E-state index in [1.54, 1.807) is 6.08 Å². The van der Waals surface area contributed by atoms with Gasteiger partial charge in [-0.3, -0.25) is 0 Å². The molecule has 0 N–H and O–H groups in total. The summed E-state index contributed by atoms with van der Waals surface area (Å²) in [5.74, 6) is -0.105. The van der Waals surface area contributed by atoms with Gasteiger partial charge in [-0.25, -0.2) is 4.39 Å². The van der Waals surface area contributed by atoms with Crippen molar-refractivity contribution in [2.24, 2.45) is 5.92 Å². The monoisotopic (exact) mass is 278 g/mol. The first-order valence-corrected chi connectivity index (χ1v) is 7.35. The summed E-state index contributed by atoms with van der Waals surface area (Å²) in [4.78, 5) is 0. The summed E-state index contributed by atoms with van der Waals surface area (Å²) in [6.07, 6.45) is 5.51. The highest BCUT2D eigenvalue weighted by Gasteiger charge is 2.16. The molecule has 1 fully saturated rings. The summed E-state index contributed by atoms with van der Waals surface area (Å²) < 4.78 is 24.5. The minimum atomic E-state index is -0.154. The van der Waals surface area contributed by atoms with Crippen LogP contribution in [0.4, 0.5) is 4.39 Å². The van der Waals surface area contributed by atoms with Crippen molar-refractivity contribution in [2.75, 3.05) is 13.2 Å². The van der Waals surface area contributed by atoms with E-state index >= 15 is 0 Å². The Bertz CT molecular complexity index is 406. The van der Waals surface area contributed by atoms with Gasteiger partial charge in [0.1, 0.15) is 0 Å². The van der Waals surface area contributed by atoms with E-state index in [1.807, 2.05) is 18.2 Å². The summed E-state index contributed by atoms with van der Waals surface area (Å²) in [5, 5.41) is 0. The Morgan fingerprint density at radius 2 is 2.20 bits per heavy atom. The zero-order valence-corrected chi connectivity index (χ0v) is 12.1. The predicted molar refractivity (Wildman–Crippen MR) is 78.0 cm³/mol. The molecule has 1 saturated heterocycles. The first-order valence-electron chi connectivity index (χ1n) is 7.35. The maximum Gasteiger partial charge on any atom is 0.157 e. The standard InChI is InChI=1S/C17H23FO2/c1-14(18)11-16(12-15-7-3-2-4-8-15)13-20-17-9-5-6-10-19-17/h2-4,7-8,11,16-17H,5-6,9-10,12-13H2,1H3/b14-11-/t16-,17?/m0/s1. The quantitative estimate of drug-likeness (QED) is 0.774. The van der Waals surface area contributed by atoms with Gasteiger partial charge >= 0.3 is 0 Å². The van der Waals surface area contributed by atoms with Gasteiger partial charge in [0.15, 0.2) is 6.29 Å². The fraction of sp³-hybridized carbons (Fsp3) is 0.529. The van der Waals surface area contributed by atoms with Gasteiger partial charge in [0.25, 0.3) is 0 Å². The molecule has 1 aromatic rings. The summed E-state index contributed by atoms with van der Waals surface area (Å²) in [7, 11) is 0. The third-order valence-corrected chi connectivity index (χ3v) is 3.44. The molecule has 0 radical (unpaired) electrons. The van der Waals surface area contributed by atoms with E-state index in [1.165, 1.54) is 12.5 Å². The molecule has 1 aliphatic rings. The van der Waals surface area contributed by atoms with Crippen LogP contribution in [0.3, 0.4) is 0 Å². The number of hydrogen-bond donors (Lipinski definition) is 0. The molecule has 0 bridgehead atoms. The number of rotatable bonds is 6. The minimum Gasteiger partial charge on any atom is -0.353 e. The average molecular weight is 278 g/mol. The van der Waals surface area contributed by atoms with Gasteiger partial charge in [0, 0.05) is 12.5 Å². The van der Waals surface area contributed by atoms with E-state index < -0.39 is 0 Å². The van der Waals surface area contributed by atoms with Crippen LogP contribution in [-0.4, -0.2) is 19.5 Å². The third kappa shape index (κ3) is 5.43. The molecule has 2 atom stereocenters. The first-order chi connectivity index (χ1) is 9.74. The lowest BCUT2D eigenvalue weighted by Gasteiger charge is -2.24. The van der Waals surface area contributed by atoms with E-state index in [2.05, 4.69) is 12.1 Å². The molecule has 1 heterocycles. The molecule has 1 aromatic carbocycles. The van der Waals surface area contributed by atoms with E-state index in [-0.39, 0.29) is 18.0 Å². The van der Waals surface area contributed by atoms with Crippen LogP contribution >= 0.6 is 0 Å². The second kappa shape index (κ2) is 8.18. The van der Waals surface area contributed by atoms with E-state index in [0.29, 0.717) is 6.61 Å². The Morgan fingerprint density at radius 1 is 1.40 bits per heavy atom. The highest BCUT2D eigenvalue weighted by Crippen LogP contribution is 2.18. The van der Waals surface area contributed by atoms with Crippen molar-refractivity contribution in [3.8, 4) is 0 Å². The van der Waals surface area contributed by atoms with Crippen LogP contribution in [-0.2, 0) is 15.9 Å². The summed E-state index contributed by atoms with van der Waals surface area (Å²) in [6, 6.07) is 10.1. The van der Waals surface area contributed by atoms with Crippen LogP contribution in [0.5, 0.6) is 0 Å². The van der Waals surface area contributed by atoms with E-state index in [0.717, 1.165) is 32.3 Å². The van der Waals surface area contributed by atoms with Crippen LogP contribution in [0, 0.1) is 5.92 Å². The van der Waals surface area contributed by atoms with Crippen LogP contribution in [0.2, 0.25) is 0 Å². The second-order valence-electron chi connectivity index (χ2n) is 5.33. The number of allylic oxidation sites excluding steroid dienone is 1. The Kier molecular flexibility index (Phi) is 6.22. The van der Waals surface area contributed by atoms with Crippen molar-refractivity contribution in [3.63, 3.8) is 0 Å². The van der Waals surface area contributed by atoms with Crippen LogP contribution in [0.25, 0.3) is 0 Å².